The van der Waals surface area contributed by atoms with Gasteiger partial charge in [0.25, 0.3) is 0 Å². The summed E-state index contributed by atoms with van der Waals surface area (Å²) in [7, 11) is -4.04. The molecule has 0 aromatic heterocycles. The molecular formula is C12H15Cl2NO4S. The van der Waals surface area contributed by atoms with Crippen LogP contribution < -0.4 is 4.72 Å². The average Bonchev–Trinajstić information content (AvgIpc) is 2.37. The number of hydrogen-bond donors (Lipinski definition) is 2. The summed E-state index contributed by atoms with van der Waals surface area (Å²) in [6, 6.07) is 2.98. The Balaban J connectivity index is 3.04. The maximum atomic E-state index is 12.2. The highest BCUT2D eigenvalue weighted by molar-refractivity contribution is 7.89. The van der Waals surface area contributed by atoms with Crippen molar-refractivity contribution in [2.75, 3.05) is 0 Å². The van der Waals surface area contributed by atoms with Crippen LogP contribution in [0.5, 0.6) is 0 Å². The second kappa shape index (κ2) is 7.26. The van der Waals surface area contributed by atoms with E-state index >= 15 is 0 Å². The molecular weight excluding hydrogens is 325 g/mol. The molecule has 0 aliphatic carbocycles. The van der Waals surface area contributed by atoms with Gasteiger partial charge in [0.2, 0.25) is 10.0 Å². The third-order valence-corrected chi connectivity index (χ3v) is 5.09. The fraction of sp³-hybridized carbons (Fsp3) is 0.417. The van der Waals surface area contributed by atoms with Crippen LogP contribution >= 0.6 is 23.2 Å². The van der Waals surface area contributed by atoms with E-state index in [1.807, 2.05) is 6.92 Å². The Morgan fingerprint density at radius 1 is 1.40 bits per heavy atom. The van der Waals surface area contributed by atoms with E-state index in [9.17, 15) is 13.2 Å². The van der Waals surface area contributed by atoms with Gasteiger partial charge in [-0.3, -0.25) is 4.79 Å². The molecule has 0 aliphatic heterocycles. The molecule has 5 nitrogen and oxygen atoms in total. The second-order valence-corrected chi connectivity index (χ2v) is 6.67. The summed E-state index contributed by atoms with van der Waals surface area (Å²) in [5, 5.41) is 9.02. The standard InChI is InChI=1S/C12H15Cl2NO4S/c1-2-3-6-9(12(16)17)15-20(18,19)10-7-4-5-8(13)11(10)14/h4-5,7,9,15H,2-3,6H2,1H3,(H,16,17). The maximum absolute atomic E-state index is 12.2. The van der Waals surface area contributed by atoms with Crippen molar-refractivity contribution in [1.82, 2.24) is 4.72 Å². The minimum absolute atomic E-state index is 0.0926. The Morgan fingerprint density at radius 2 is 2.05 bits per heavy atom. The van der Waals surface area contributed by atoms with Crippen LogP contribution in [0.3, 0.4) is 0 Å². The third kappa shape index (κ3) is 4.34. The molecule has 8 heteroatoms. The van der Waals surface area contributed by atoms with Crippen molar-refractivity contribution in [3.05, 3.63) is 28.2 Å². The summed E-state index contributed by atoms with van der Waals surface area (Å²) >= 11 is 11.6. The summed E-state index contributed by atoms with van der Waals surface area (Å²) in [6.45, 7) is 1.89. The smallest absolute Gasteiger partial charge is 0.321 e. The SMILES string of the molecule is CCCCC(NS(=O)(=O)c1cccc(Cl)c1Cl)C(=O)O. The molecule has 1 atom stereocenters. The molecule has 0 amide bonds. The topological polar surface area (TPSA) is 83.5 Å². The molecule has 0 spiro atoms. The summed E-state index contributed by atoms with van der Waals surface area (Å²) < 4.78 is 26.5. The minimum Gasteiger partial charge on any atom is -0.480 e. The zero-order valence-corrected chi connectivity index (χ0v) is 13.1. The Hall–Kier alpha value is -0.820. The Bertz CT molecular complexity index is 589. The third-order valence-electron chi connectivity index (χ3n) is 2.65. The van der Waals surface area contributed by atoms with Crippen molar-refractivity contribution in [2.45, 2.75) is 37.1 Å². The van der Waals surface area contributed by atoms with E-state index in [4.69, 9.17) is 28.3 Å². The van der Waals surface area contributed by atoms with E-state index in [1.165, 1.54) is 18.2 Å². The van der Waals surface area contributed by atoms with Gasteiger partial charge in [-0.05, 0) is 18.6 Å². The number of unbranched alkanes of at least 4 members (excludes halogenated alkanes) is 1. The fourth-order valence-corrected chi connectivity index (χ4v) is 3.57. The van der Waals surface area contributed by atoms with Gasteiger partial charge in [0.15, 0.2) is 0 Å². The van der Waals surface area contributed by atoms with Crippen molar-refractivity contribution >= 4 is 39.2 Å². The molecule has 0 radical (unpaired) electrons. The average molecular weight is 340 g/mol. The normalized spacial score (nSPS) is 13.2. The monoisotopic (exact) mass is 339 g/mol. The van der Waals surface area contributed by atoms with Crippen molar-refractivity contribution in [1.29, 1.82) is 0 Å². The number of carboxylic acid groups (broad SMARTS) is 1. The molecule has 2 N–H and O–H groups in total. The number of halogens is 2. The van der Waals surface area contributed by atoms with Crippen molar-refractivity contribution < 1.29 is 18.3 Å². The number of carboxylic acids is 1. The first kappa shape index (κ1) is 17.2. The van der Waals surface area contributed by atoms with Crippen molar-refractivity contribution in [3.8, 4) is 0 Å². The van der Waals surface area contributed by atoms with Crippen LogP contribution in [0.15, 0.2) is 23.1 Å². The van der Waals surface area contributed by atoms with E-state index < -0.39 is 22.0 Å². The summed E-state index contributed by atoms with van der Waals surface area (Å²) in [5.41, 5.74) is 0. The molecule has 112 valence electrons. The second-order valence-electron chi connectivity index (χ2n) is 4.21. The summed E-state index contributed by atoms with van der Waals surface area (Å²) in [6.07, 6.45) is 1.58. The van der Waals surface area contributed by atoms with Gasteiger partial charge in [0.1, 0.15) is 10.9 Å². The van der Waals surface area contributed by atoms with Crippen molar-refractivity contribution in [2.24, 2.45) is 0 Å². The zero-order valence-electron chi connectivity index (χ0n) is 10.8. The molecule has 0 saturated heterocycles. The number of sulfonamides is 1. The quantitative estimate of drug-likeness (QED) is 0.799. The molecule has 1 unspecified atom stereocenters. The number of carbonyl (C=O) groups is 1. The van der Waals surface area contributed by atoms with Crippen LogP contribution in [0.2, 0.25) is 10.0 Å². The summed E-state index contributed by atoms with van der Waals surface area (Å²) in [5.74, 6) is -1.22. The number of rotatable bonds is 7. The highest BCUT2D eigenvalue weighted by Crippen LogP contribution is 2.29. The van der Waals surface area contributed by atoms with Crippen LogP contribution in [-0.2, 0) is 14.8 Å². The lowest BCUT2D eigenvalue weighted by Crippen LogP contribution is -2.40. The molecule has 20 heavy (non-hydrogen) atoms. The molecule has 1 rings (SSSR count). The predicted molar refractivity (Wildman–Crippen MR) is 77.7 cm³/mol. The Kier molecular flexibility index (Phi) is 6.26. The van der Waals surface area contributed by atoms with Gasteiger partial charge in [-0.1, -0.05) is 49.0 Å². The van der Waals surface area contributed by atoms with Gasteiger partial charge in [-0.2, -0.15) is 4.72 Å². The minimum atomic E-state index is -4.04. The van der Waals surface area contributed by atoms with E-state index in [0.29, 0.717) is 6.42 Å². The van der Waals surface area contributed by atoms with Crippen LogP contribution in [0.25, 0.3) is 0 Å². The molecule has 0 aliphatic rings. The van der Waals surface area contributed by atoms with Gasteiger partial charge >= 0.3 is 5.97 Å². The first-order chi connectivity index (χ1) is 9.29. The number of benzene rings is 1. The number of nitrogens with one attached hydrogen (secondary N) is 1. The highest BCUT2D eigenvalue weighted by atomic mass is 35.5. The number of hydrogen-bond acceptors (Lipinski definition) is 3. The first-order valence-electron chi connectivity index (χ1n) is 5.98. The fourth-order valence-electron chi connectivity index (χ4n) is 1.58. The molecule has 0 bridgehead atoms. The van der Waals surface area contributed by atoms with E-state index in [-0.39, 0.29) is 21.4 Å². The molecule has 1 aromatic rings. The molecule has 1 aromatic carbocycles. The van der Waals surface area contributed by atoms with Gasteiger partial charge in [-0.15, -0.1) is 0 Å². The van der Waals surface area contributed by atoms with Crippen LogP contribution in [0.4, 0.5) is 0 Å². The lowest BCUT2D eigenvalue weighted by atomic mass is 10.1. The molecule has 0 fully saturated rings. The lowest BCUT2D eigenvalue weighted by Gasteiger charge is -2.15. The molecule has 0 heterocycles. The predicted octanol–water partition coefficient (Wildman–Crippen LogP) is 2.92. The Labute approximate surface area is 127 Å². The maximum Gasteiger partial charge on any atom is 0.321 e. The largest absolute Gasteiger partial charge is 0.480 e. The van der Waals surface area contributed by atoms with Crippen molar-refractivity contribution in [3.63, 3.8) is 0 Å². The van der Waals surface area contributed by atoms with E-state index in [0.717, 1.165) is 6.42 Å². The van der Waals surface area contributed by atoms with Gasteiger partial charge < -0.3 is 5.11 Å². The van der Waals surface area contributed by atoms with Crippen LogP contribution in [0, 0.1) is 0 Å². The van der Waals surface area contributed by atoms with Crippen LogP contribution in [-0.4, -0.2) is 25.5 Å². The van der Waals surface area contributed by atoms with E-state index in [2.05, 4.69) is 4.72 Å². The zero-order chi connectivity index (χ0) is 15.3. The Morgan fingerprint density at radius 3 is 2.60 bits per heavy atom. The van der Waals surface area contributed by atoms with Crippen LogP contribution in [0.1, 0.15) is 26.2 Å². The van der Waals surface area contributed by atoms with Gasteiger partial charge in [0.05, 0.1) is 10.0 Å². The first-order valence-corrected chi connectivity index (χ1v) is 8.22. The lowest BCUT2D eigenvalue weighted by molar-refractivity contribution is -0.139. The van der Waals surface area contributed by atoms with Gasteiger partial charge in [-0.25, -0.2) is 8.42 Å². The van der Waals surface area contributed by atoms with Gasteiger partial charge in [0, 0.05) is 0 Å². The highest BCUT2D eigenvalue weighted by Gasteiger charge is 2.27. The summed E-state index contributed by atoms with van der Waals surface area (Å²) in [4.78, 5) is 10.9. The molecule has 0 saturated carbocycles. The number of aliphatic carboxylic acids is 1. The van der Waals surface area contributed by atoms with E-state index in [1.54, 1.807) is 0 Å².